The zero-order chi connectivity index (χ0) is 15.9. The predicted octanol–water partition coefficient (Wildman–Crippen LogP) is 5.01. The molecule has 22 heavy (non-hydrogen) atoms. The topological polar surface area (TPSA) is 12.5 Å². The number of aryl methyl sites for hydroxylation is 1. The number of ether oxygens (including phenoxy) is 1. The van der Waals surface area contributed by atoms with Gasteiger partial charge in [-0.15, -0.1) is 0 Å². The molecule has 1 aliphatic rings. The minimum atomic E-state index is 0.728. The van der Waals surface area contributed by atoms with Gasteiger partial charge in [0.1, 0.15) is 0 Å². The summed E-state index contributed by atoms with van der Waals surface area (Å²) in [5, 5.41) is 0. The number of benzene rings is 1. The first-order chi connectivity index (χ1) is 10.5. The van der Waals surface area contributed by atoms with Crippen LogP contribution in [0.3, 0.4) is 0 Å². The van der Waals surface area contributed by atoms with E-state index in [0.29, 0.717) is 0 Å². The smallest absolute Gasteiger partial charge is 0.0469 e. The highest BCUT2D eigenvalue weighted by molar-refractivity contribution is 5.63. The Labute approximate surface area is 135 Å². The van der Waals surface area contributed by atoms with E-state index in [1.54, 1.807) is 0 Å². The van der Waals surface area contributed by atoms with Gasteiger partial charge in [0.05, 0.1) is 0 Å². The van der Waals surface area contributed by atoms with Crippen molar-refractivity contribution in [3.05, 3.63) is 53.4 Å². The Hall–Kier alpha value is -1.54. The van der Waals surface area contributed by atoms with Gasteiger partial charge in [0.15, 0.2) is 0 Å². The fourth-order valence-electron chi connectivity index (χ4n) is 2.84. The summed E-state index contributed by atoms with van der Waals surface area (Å²) in [4.78, 5) is 2.36. The normalized spacial score (nSPS) is 16.5. The van der Waals surface area contributed by atoms with Gasteiger partial charge in [-0.3, -0.25) is 0 Å². The zero-order valence-corrected chi connectivity index (χ0v) is 14.4. The molecule has 0 atom stereocenters. The lowest BCUT2D eigenvalue weighted by atomic mass is 9.99. The number of nitrogens with zero attached hydrogens (tertiary/aromatic N) is 1. The molecule has 1 aromatic carbocycles. The standard InChI is InChI=1S/C20H29NO/c1-16(2)13-21(15-19-9-11-22-12-10-19)14-18(4)20-7-5-17(3)6-8-20/h5-8,13-14,19H,9-12,15H2,1-4H3/b18-14+. The quantitative estimate of drug-likeness (QED) is 0.758. The average Bonchev–Trinajstić information content (AvgIpc) is 2.48. The molecule has 0 saturated carbocycles. The minimum absolute atomic E-state index is 0.728. The lowest BCUT2D eigenvalue weighted by Crippen LogP contribution is -2.26. The summed E-state index contributed by atoms with van der Waals surface area (Å²) in [6.45, 7) is 11.5. The first-order valence-electron chi connectivity index (χ1n) is 8.28. The lowest BCUT2D eigenvalue weighted by molar-refractivity contribution is 0.0611. The van der Waals surface area contributed by atoms with Crippen LogP contribution in [0.25, 0.3) is 5.57 Å². The summed E-state index contributed by atoms with van der Waals surface area (Å²) in [7, 11) is 0. The van der Waals surface area contributed by atoms with Crippen LogP contribution in [0.2, 0.25) is 0 Å². The Kier molecular flexibility index (Phi) is 6.26. The predicted molar refractivity (Wildman–Crippen MR) is 94.5 cm³/mol. The van der Waals surface area contributed by atoms with Gasteiger partial charge in [-0.1, -0.05) is 35.4 Å². The summed E-state index contributed by atoms with van der Waals surface area (Å²) in [6.07, 6.45) is 6.88. The maximum absolute atomic E-state index is 5.47. The molecule has 0 aromatic heterocycles. The van der Waals surface area contributed by atoms with Crippen molar-refractivity contribution in [2.75, 3.05) is 19.8 Å². The summed E-state index contributed by atoms with van der Waals surface area (Å²) in [5.41, 5.74) is 5.24. The highest BCUT2D eigenvalue weighted by Gasteiger charge is 2.15. The molecule has 120 valence electrons. The Balaban J connectivity index is 2.11. The van der Waals surface area contributed by atoms with E-state index in [4.69, 9.17) is 4.74 Å². The molecule has 2 rings (SSSR count). The van der Waals surface area contributed by atoms with Crippen molar-refractivity contribution in [1.29, 1.82) is 0 Å². The first kappa shape index (κ1) is 16.8. The fraction of sp³-hybridized carbons (Fsp3) is 0.500. The Morgan fingerprint density at radius 2 is 1.73 bits per heavy atom. The Morgan fingerprint density at radius 1 is 1.09 bits per heavy atom. The fourth-order valence-corrected chi connectivity index (χ4v) is 2.84. The van der Waals surface area contributed by atoms with Crippen LogP contribution in [0.5, 0.6) is 0 Å². The third-order valence-electron chi connectivity index (χ3n) is 4.10. The molecular weight excluding hydrogens is 270 g/mol. The SMILES string of the molecule is CC(C)=CN(/C=C(\C)c1ccc(C)cc1)CC1CCOCC1. The van der Waals surface area contributed by atoms with Gasteiger partial charge in [0.2, 0.25) is 0 Å². The van der Waals surface area contributed by atoms with E-state index < -0.39 is 0 Å². The van der Waals surface area contributed by atoms with Crippen LogP contribution in [-0.2, 0) is 4.74 Å². The lowest BCUT2D eigenvalue weighted by Gasteiger charge is -2.27. The molecule has 0 unspecified atom stereocenters. The van der Waals surface area contributed by atoms with Gasteiger partial charge in [-0.2, -0.15) is 0 Å². The van der Waals surface area contributed by atoms with Crippen LogP contribution in [0.4, 0.5) is 0 Å². The summed E-state index contributed by atoms with van der Waals surface area (Å²) in [6, 6.07) is 8.76. The van der Waals surface area contributed by atoms with Crippen LogP contribution < -0.4 is 0 Å². The van der Waals surface area contributed by atoms with Crippen LogP contribution in [0.15, 0.2) is 42.2 Å². The minimum Gasteiger partial charge on any atom is -0.381 e. The maximum Gasteiger partial charge on any atom is 0.0469 e. The number of rotatable bonds is 5. The van der Waals surface area contributed by atoms with Crippen molar-refractivity contribution in [3.63, 3.8) is 0 Å². The van der Waals surface area contributed by atoms with Gasteiger partial charge in [-0.05, 0) is 57.6 Å². The Bertz CT molecular complexity index is 517. The van der Waals surface area contributed by atoms with Crippen molar-refractivity contribution >= 4 is 5.57 Å². The first-order valence-corrected chi connectivity index (χ1v) is 8.28. The third kappa shape index (κ3) is 5.34. The summed E-state index contributed by atoms with van der Waals surface area (Å²) in [5.74, 6) is 0.728. The van der Waals surface area contributed by atoms with Crippen LogP contribution in [-0.4, -0.2) is 24.7 Å². The van der Waals surface area contributed by atoms with E-state index in [0.717, 1.165) is 25.7 Å². The molecule has 1 fully saturated rings. The van der Waals surface area contributed by atoms with Crippen molar-refractivity contribution in [2.45, 2.75) is 40.5 Å². The second-order valence-electron chi connectivity index (χ2n) is 6.64. The van der Waals surface area contributed by atoms with Crippen molar-refractivity contribution < 1.29 is 4.74 Å². The van der Waals surface area contributed by atoms with Gasteiger partial charge in [0, 0.05) is 32.2 Å². The number of hydrogen-bond acceptors (Lipinski definition) is 2. The van der Waals surface area contributed by atoms with E-state index >= 15 is 0 Å². The van der Waals surface area contributed by atoms with Crippen molar-refractivity contribution in [1.82, 2.24) is 4.90 Å². The highest BCUT2D eigenvalue weighted by Crippen LogP contribution is 2.20. The van der Waals surface area contributed by atoms with E-state index in [1.165, 1.54) is 35.1 Å². The summed E-state index contributed by atoms with van der Waals surface area (Å²) < 4.78 is 5.47. The molecule has 0 aliphatic carbocycles. The second-order valence-corrected chi connectivity index (χ2v) is 6.64. The summed E-state index contributed by atoms with van der Waals surface area (Å²) >= 11 is 0. The van der Waals surface area contributed by atoms with Crippen LogP contribution in [0.1, 0.15) is 44.7 Å². The molecule has 0 N–H and O–H groups in total. The monoisotopic (exact) mass is 299 g/mol. The van der Waals surface area contributed by atoms with Crippen LogP contribution >= 0.6 is 0 Å². The molecule has 0 spiro atoms. The zero-order valence-electron chi connectivity index (χ0n) is 14.4. The second kappa shape index (κ2) is 8.19. The molecule has 2 nitrogen and oxygen atoms in total. The van der Waals surface area contributed by atoms with Gasteiger partial charge in [-0.25, -0.2) is 0 Å². The molecule has 0 bridgehead atoms. The molecule has 1 saturated heterocycles. The number of allylic oxidation sites excluding steroid dienone is 2. The third-order valence-corrected chi connectivity index (χ3v) is 4.10. The van der Waals surface area contributed by atoms with Gasteiger partial charge in [0.25, 0.3) is 0 Å². The van der Waals surface area contributed by atoms with E-state index in [-0.39, 0.29) is 0 Å². The molecule has 0 amide bonds. The molecular formula is C20H29NO. The molecule has 2 heteroatoms. The van der Waals surface area contributed by atoms with Gasteiger partial charge < -0.3 is 9.64 Å². The average molecular weight is 299 g/mol. The largest absolute Gasteiger partial charge is 0.381 e. The van der Waals surface area contributed by atoms with Crippen LogP contribution in [0, 0.1) is 12.8 Å². The van der Waals surface area contributed by atoms with E-state index in [9.17, 15) is 0 Å². The molecule has 1 heterocycles. The number of hydrogen-bond donors (Lipinski definition) is 0. The van der Waals surface area contributed by atoms with Crippen molar-refractivity contribution in [3.8, 4) is 0 Å². The molecule has 1 aliphatic heterocycles. The van der Waals surface area contributed by atoms with E-state index in [1.807, 2.05) is 0 Å². The van der Waals surface area contributed by atoms with Crippen molar-refractivity contribution in [2.24, 2.45) is 5.92 Å². The molecule has 0 radical (unpaired) electrons. The maximum atomic E-state index is 5.47. The Morgan fingerprint density at radius 3 is 2.32 bits per heavy atom. The van der Waals surface area contributed by atoms with Gasteiger partial charge >= 0.3 is 0 Å². The van der Waals surface area contributed by atoms with E-state index in [2.05, 4.69) is 69.3 Å². The highest BCUT2D eigenvalue weighted by atomic mass is 16.5. The molecule has 1 aromatic rings.